The summed E-state index contributed by atoms with van der Waals surface area (Å²) < 4.78 is 11.4. The predicted octanol–water partition coefficient (Wildman–Crippen LogP) is 3.53. The van der Waals surface area contributed by atoms with Crippen LogP contribution in [-0.2, 0) is 4.79 Å². The monoisotopic (exact) mass is 434 g/mol. The maximum atomic E-state index is 12.1. The molecule has 8 heteroatoms. The van der Waals surface area contributed by atoms with Gasteiger partial charge in [-0.3, -0.25) is 9.79 Å². The Morgan fingerprint density at radius 1 is 1.11 bits per heavy atom. The van der Waals surface area contributed by atoms with E-state index < -0.39 is 0 Å². The molecule has 27 heavy (non-hydrogen) atoms. The Kier molecular flexibility index (Phi) is 7.48. The molecule has 2 aromatic carbocycles. The highest BCUT2D eigenvalue weighted by Gasteiger charge is 2.07. The van der Waals surface area contributed by atoms with Crippen molar-refractivity contribution in [1.29, 1.82) is 0 Å². The van der Waals surface area contributed by atoms with Gasteiger partial charge < -0.3 is 25.8 Å². The topological polar surface area (TPSA) is 98.0 Å². The van der Waals surface area contributed by atoms with E-state index in [9.17, 15) is 4.79 Å². The number of hydrogen-bond donors (Lipinski definition) is 3. The van der Waals surface area contributed by atoms with Crippen LogP contribution in [0.3, 0.4) is 0 Å². The number of nitrogens with two attached hydrogens (primary N) is 1. The predicted molar refractivity (Wildman–Crippen MR) is 112 cm³/mol. The second kappa shape index (κ2) is 9.82. The van der Waals surface area contributed by atoms with Crippen LogP contribution in [0.5, 0.6) is 11.5 Å². The summed E-state index contributed by atoms with van der Waals surface area (Å²) in [7, 11) is 3.14. The quantitative estimate of drug-likeness (QED) is 0.457. The average Bonchev–Trinajstić information content (AvgIpc) is 2.64. The highest BCUT2D eigenvalue weighted by atomic mass is 79.9. The minimum absolute atomic E-state index is 0.133. The number of aliphatic imine (C=N–C) groups is 1. The zero-order chi connectivity index (χ0) is 19.8. The summed E-state index contributed by atoms with van der Waals surface area (Å²) in [6.45, 7) is 2.19. The van der Waals surface area contributed by atoms with Crippen molar-refractivity contribution in [3.05, 3.63) is 46.4 Å². The third-order valence-corrected chi connectivity index (χ3v) is 4.26. The smallest absolute Gasteiger partial charge is 0.226 e. The molecular formula is C19H23BrN4O3. The van der Waals surface area contributed by atoms with Gasteiger partial charge in [-0.2, -0.15) is 0 Å². The number of carbonyl (C=O) groups excluding carboxylic acids is 1. The molecule has 4 N–H and O–H groups in total. The van der Waals surface area contributed by atoms with E-state index in [0.717, 1.165) is 15.7 Å². The molecule has 0 saturated heterocycles. The molecule has 0 aliphatic heterocycles. The number of hydrogen-bond acceptors (Lipinski definition) is 4. The van der Waals surface area contributed by atoms with Crippen molar-refractivity contribution in [2.24, 2.45) is 10.7 Å². The molecular weight excluding hydrogens is 412 g/mol. The number of ether oxygens (including phenoxy) is 2. The van der Waals surface area contributed by atoms with E-state index in [2.05, 4.69) is 31.6 Å². The number of benzene rings is 2. The largest absolute Gasteiger partial charge is 0.497 e. The lowest BCUT2D eigenvalue weighted by atomic mass is 10.2. The van der Waals surface area contributed by atoms with Crippen LogP contribution in [0.2, 0.25) is 0 Å². The first-order valence-electron chi connectivity index (χ1n) is 8.28. The Morgan fingerprint density at radius 3 is 2.59 bits per heavy atom. The summed E-state index contributed by atoms with van der Waals surface area (Å²) in [5, 5.41) is 5.83. The van der Waals surface area contributed by atoms with Crippen molar-refractivity contribution in [3.63, 3.8) is 0 Å². The van der Waals surface area contributed by atoms with Gasteiger partial charge >= 0.3 is 0 Å². The van der Waals surface area contributed by atoms with Gasteiger partial charge in [0.25, 0.3) is 0 Å². The number of amides is 1. The van der Waals surface area contributed by atoms with Crippen molar-refractivity contribution in [2.45, 2.75) is 13.3 Å². The maximum Gasteiger partial charge on any atom is 0.226 e. The van der Waals surface area contributed by atoms with Crippen LogP contribution in [0.4, 0.5) is 11.4 Å². The average molecular weight is 435 g/mol. The molecule has 7 nitrogen and oxygen atoms in total. The van der Waals surface area contributed by atoms with Crippen LogP contribution in [-0.4, -0.2) is 32.6 Å². The molecule has 1 amide bonds. The second-order valence-corrected chi connectivity index (χ2v) is 6.63. The van der Waals surface area contributed by atoms with E-state index in [1.54, 1.807) is 32.4 Å². The summed E-state index contributed by atoms with van der Waals surface area (Å²) in [6, 6.07) is 11.0. The molecule has 2 rings (SSSR count). The number of aryl methyl sites for hydroxylation is 1. The second-order valence-electron chi connectivity index (χ2n) is 5.72. The van der Waals surface area contributed by atoms with Gasteiger partial charge in [-0.1, -0.05) is 22.0 Å². The Balaban J connectivity index is 1.92. The van der Waals surface area contributed by atoms with E-state index in [1.165, 1.54) is 0 Å². The van der Waals surface area contributed by atoms with Crippen molar-refractivity contribution in [3.8, 4) is 11.5 Å². The van der Waals surface area contributed by atoms with Crippen LogP contribution in [0, 0.1) is 6.92 Å². The summed E-state index contributed by atoms with van der Waals surface area (Å²) in [6.07, 6.45) is 0.212. The molecule has 0 aromatic heterocycles. The third-order valence-electron chi connectivity index (χ3n) is 3.76. The molecule has 0 aliphatic rings. The van der Waals surface area contributed by atoms with Crippen molar-refractivity contribution >= 4 is 39.2 Å². The van der Waals surface area contributed by atoms with Gasteiger partial charge in [0, 0.05) is 22.6 Å². The van der Waals surface area contributed by atoms with E-state index in [0.29, 0.717) is 17.2 Å². The Labute approximate surface area is 167 Å². The molecule has 0 fully saturated rings. The molecule has 0 atom stereocenters. The Morgan fingerprint density at radius 2 is 1.89 bits per heavy atom. The number of halogens is 1. The molecule has 144 valence electrons. The summed E-state index contributed by atoms with van der Waals surface area (Å²) >= 11 is 3.39. The van der Waals surface area contributed by atoms with E-state index in [-0.39, 0.29) is 24.8 Å². The van der Waals surface area contributed by atoms with Crippen molar-refractivity contribution in [2.75, 3.05) is 31.4 Å². The lowest BCUT2D eigenvalue weighted by molar-refractivity contribution is -0.116. The maximum absolute atomic E-state index is 12.1. The van der Waals surface area contributed by atoms with Gasteiger partial charge in [-0.15, -0.1) is 0 Å². The molecule has 0 bridgehead atoms. The number of guanidine groups is 1. The fraction of sp³-hybridized carbons (Fsp3) is 0.263. The van der Waals surface area contributed by atoms with Gasteiger partial charge in [0.1, 0.15) is 11.5 Å². The molecule has 0 unspecified atom stereocenters. The number of rotatable bonds is 7. The normalized spacial score (nSPS) is 11.0. The Hall–Kier alpha value is -2.74. The zero-order valence-electron chi connectivity index (χ0n) is 15.5. The highest BCUT2D eigenvalue weighted by Crippen LogP contribution is 2.28. The number of methoxy groups -OCH3 is 2. The highest BCUT2D eigenvalue weighted by molar-refractivity contribution is 9.10. The van der Waals surface area contributed by atoms with Crippen molar-refractivity contribution in [1.82, 2.24) is 0 Å². The first-order chi connectivity index (χ1) is 12.9. The van der Waals surface area contributed by atoms with Crippen LogP contribution in [0.15, 0.2) is 45.9 Å². The first-order valence-corrected chi connectivity index (χ1v) is 9.07. The van der Waals surface area contributed by atoms with Crippen molar-refractivity contribution < 1.29 is 14.3 Å². The van der Waals surface area contributed by atoms with Gasteiger partial charge in [-0.25, -0.2) is 0 Å². The summed E-state index contributed by atoms with van der Waals surface area (Å²) in [5.41, 5.74) is 8.30. The van der Waals surface area contributed by atoms with Gasteiger partial charge in [-0.05, 0) is 36.8 Å². The minimum atomic E-state index is -0.133. The molecule has 0 heterocycles. The van der Waals surface area contributed by atoms with Gasteiger partial charge in [0.05, 0.1) is 26.5 Å². The van der Waals surface area contributed by atoms with E-state index >= 15 is 0 Å². The van der Waals surface area contributed by atoms with Gasteiger partial charge in [0.2, 0.25) is 5.91 Å². The number of carbonyl (C=O) groups is 1. The lowest BCUT2D eigenvalue weighted by Crippen LogP contribution is -2.24. The zero-order valence-corrected chi connectivity index (χ0v) is 17.1. The molecule has 0 saturated carbocycles. The van der Waals surface area contributed by atoms with Crippen LogP contribution in [0.1, 0.15) is 12.0 Å². The van der Waals surface area contributed by atoms with Crippen LogP contribution >= 0.6 is 15.9 Å². The number of nitrogens with one attached hydrogen (secondary N) is 2. The lowest BCUT2D eigenvalue weighted by Gasteiger charge is -2.12. The third kappa shape index (κ3) is 6.18. The first kappa shape index (κ1) is 20.6. The van der Waals surface area contributed by atoms with E-state index in [1.807, 2.05) is 25.1 Å². The van der Waals surface area contributed by atoms with Crippen LogP contribution in [0.25, 0.3) is 0 Å². The minimum Gasteiger partial charge on any atom is -0.497 e. The summed E-state index contributed by atoms with van der Waals surface area (Å²) in [4.78, 5) is 16.3. The number of nitrogens with zero attached hydrogens (tertiary/aromatic N) is 1. The molecule has 2 aromatic rings. The van der Waals surface area contributed by atoms with E-state index in [4.69, 9.17) is 15.2 Å². The summed E-state index contributed by atoms with van der Waals surface area (Å²) in [5.74, 6) is 1.33. The standard InChI is InChI=1S/C19H23BrN4O3/c1-12-4-5-13(20)10-15(12)23-18(25)8-9-22-19(21)24-16-11-14(26-2)6-7-17(16)27-3/h4-7,10-11H,8-9H2,1-3H3,(H,23,25)(H3,21,22,24). The van der Waals surface area contributed by atoms with Crippen LogP contribution < -0.4 is 25.8 Å². The number of anilines is 2. The molecule has 0 radical (unpaired) electrons. The molecule has 0 aliphatic carbocycles. The molecule has 0 spiro atoms. The van der Waals surface area contributed by atoms with Gasteiger partial charge in [0.15, 0.2) is 5.96 Å². The SMILES string of the molecule is COc1ccc(OC)c(NC(N)=NCCC(=O)Nc2cc(Br)ccc2C)c1. The Bertz CT molecular complexity index is 840. The fourth-order valence-electron chi connectivity index (χ4n) is 2.31. The fourth-order valence-corrected chi connectivity index (χ4v) is 2.67.